The number of nitrogens with one attached hydrogen (secondary N) is 1. The summed E-state index contributed by atoms with van der Waals surface area (Å²) in [5.74, 6) is -0.205. The lowest BCUT2D eigenvalue weighted by Gasteiger charge is -2.34. The first-order valence-corrected chi connectivity index (χ1v) is 6.70. The summed E-state index contributed by atoms with van der Waals surface area (Å²) >= 11 is 0. The zero-order chi connectivity index (χ0) is 14.4. The van der Waals surface area contributed by atoms with Crippen molar-refractivity contribution < 1.29 is 10.0 Å². The predicted octanol–water partition coefficient (Wildman–Crippen LogP) is 0.790. The van der Waals surface area contributed by atoms with Crippen LogP contribution in [-0.2, 0) is 11.3 Å². The van der Waals surface area contributed by atoms with Gasteiger partial charge in [-0.3, -0.25) is 4.79 Å². The Kier molecular flexibility index (Phi) is 4.49. The molecular weight excluding hydrogens is 258 g/mol. The van der Waals surface area contributed by atoms with Gasteiger partial charge in [0.25, 0.3) is 0 Å². The molecule has 0 aromatic carbocycles. The van der Waals surface area contributed by atoms with Gasteiger partial charge < -0.3 is 16.3 Å². The van der Waals surface area contributed by atoms with Crippen LogP contribution < -0.4 is 11.1 Å². The fraction of sp³-hybridized carbons (Fsp3) is 0.538. The van der Waals surface area contributed by atoms with Crippen LogP contribution in [0.3, 0.4) is 0 Å². The average molecular weight is 277 g/mol. The number of aromatic nitrogens is 2. The smallest absolute Gasteiger partial charge is 0.234 e. The summed E-state index contributed by atoms with van der Waals surface area (Å²) < 4.78 is 0. The van der Waals surface area contributed by atoms with Crippen LogP contribution in [0.1, 0.15) is 37.8 Å². The lowest BCUT2D eigenvalue weighted by Crippen LogP contribution is -2.50. The summed E-state index contributed by atoms with van der Waals surface area (Å²) in [6, 6.07) is 1.73. The fourth-order valence-electron chi connectivity index (χ4n) is 2.61. The second-order valence-corrected chi connectivity index (χ2v) is 5.01. The number of hydrogen-bond donors (Lipinski definition) is 3. The van der Waals surface area contributed by atoms with Crippen LogP contribution in [0.4, 0.5) is 0 Å². The molecule has 1 aromatic rings. The molecule has 4 N–H and O–H groups in total. The molecule has 0 atom stereocenters. The molecular formula is C13H19N5O2. The van der Waals surface area contributed by atoms with E-state index in [2.05, 4.69) is 20.4 Å². The maximum Gasteiger partial charge on any atom is 0.234 e. The van der Waals surface area contributed by atoms with Gasteiger partial charge in [0.2, 0.25) is 5.91 Å². The molecule has 0 spiro atoms. The van der Waals surface area contributed by atoms with Gasteiger partial charge in [-0.25, -0.2) is 9.97 Å². The van der Waals surface area contributed by atoms with Crippen molar-refractivity contribution in [1.82, 2.24) is 15.3 Å². The molecule has 7 heteroatoms. The molecule has 0 radical (unpaired) electrons. The third kappa shape index (κ3) is 2.87. The van der Waals surface area contributed by atoms with Gasteiger partial charge in [-0.05, 0) is 18.9 Å². The molecule has 1 aliphatic rings. The highest BCUT2D eigenvalue weighted by Crippen LogP contribution is 2.36. The van der Waals surface area contributed by atoms with Crippen molar-refractivity contribution in [3.8, 4) is 0 Å². The van der Waals surface area contributed by atoms with E-state index in [0.717, 1.165) is 25.0 Å². The summed E-state index contributed by atoms with van der Waals surface area (Å²) in [7, 11) is 0. The van der Waals surface area contributed by atoms with Crippen LogP contribution in [0, 0.1) is 5.41 Å². The highest BCUT2D eigenvalue weighted by Gasteiger charge is 2.43. The van der Waals surface area contributed by atoms with Crippen LogP contribution >= 0.6 is 0 Å². The lowest BCUT2D eigenvalue weighted by molar-refractivity contribution is -0.129. The van der Waals surface area contributed by atoms with Crippen molar-refractivity contribution in [1.29, 1.82) is 0 Å². The Balaban J connectivity index is 2.07. The number of oxime groups is 1. The SMILES string of the molecule is N/C(=N/O)C1(C(=O)NCc2ccncn2)CCCCC1. The van der Waals surface area contributed by atoms with E-state index in [1.54, 1.807) is 12.3 Å². The van der Waals surface area contributed by atoms with Crippen molar-refractivity contribution in [2.45, 2.75) is 38.6 Å². The molecule has 0 unspecified atom stereocenters. The average Bonchev–Trinajstić information content (AvgIpc) is 2.53. The Morgan fingerprint density at radius 3 is 2.80 bits per heavy atom. The first-order valence-electron chi connectivity index (χ1n) is 6.70. The van der Waals surface area contributed by atoms with E-state index >= 15 is 0 Å². The highest BCUT2D eigenvalue weighted by atomic mass is 16.4. The molecule has 0 bridgehead atoms. The predicted molar refractivity (Wildman–Crippen MR) is 72.8 cm³/mol. The van der Waals surface area contributed by atoms with Gasteiger partial charge in [-0.2, -0.15) is 0 Å². The van der Waals surface area contributed by atoms with E-state index in [1.807, 2.05) is 0 Å². The number of carbonyl (C=O) groups is 1. The second kappa shape index (κ2) is 6.31. The number of hydrogen-bond acceptors (Lipinski definition) is 5. The van der Waals surface area contributed by atoms with E-state index in [-0.39, 0.29) is 11.7 Å². The standard InChI is InChI=1S/C13H19N5O2/c14-11(18-20)13(5-2-1-3-6-13)12(19)16-8-10-4-7-15-9-17-10/h4,7,9,20H,1-3,5-6,8H2,(H2,14,18)(H,16,19). The maximum absolute atomic E-state index is 12.5. The van der Waals surface area contributed by atoms with Gasteiger partial charge in [0.15, 0.2) is 5.84 Å². The van der Waals surface area contributed by atoms with E-state index in [4.69, 9.17) is 10.9 Å². The Morgan fingerprint density at radius 1 is 1.45 bits per heavy atom. The summed E-state index contributed by atoms with van der Waals surface area (Å²) in [5, 5.41) is 14.8. The van der Waals surface area contributed by atoms with E-state index < -0.39 is 5.41 Å². The van der Waals surface area contributed by atoms with Crippen LogP contribution in [0.25, 0.3) is 0 Å². The van der Waals surface area contributed by atoms with E-state index in [1.165, 1.54) is 6.33 Å². The van der Waals surface area contributed by atoms with Gasteiger partial charge in [0.1, 0.15) is 11.7 Å². The van der Waals surface area contributed by atoms with Crippen LogP contribution in [0.5, 0.6) is 0 Å². The summed E-state index contributed by atoms with van der Waals surface area (Å²) in [5.41, 5.74) is 5.60. The molecule has 1 aliphatic carbocycles. The zero-order valence-electron chi connectivity index (χ0n) is 11.2. The van der Waals surface area contributed by atoms with Crippen LogP contribution in [0.15, 0.2) is 23.7 Å². The van der Waals surface area contributed by atoms with Crippen molar-refractivity contribution in [2.24, 2.45) is 16.3 Å². The first kappa shape index (κ1) is 14.2. The minimum Gasteiger partial charge on any atom is -0.409 e. The topological polar surface area (TPSA) is 113 Å². The molecule has 7 nitrogen and oxygen atoms in total. The Labute approximate surface area is 117 Å². The lowest BCUT2D eigenvalue weighted by atomic mass is 9.72. The molecule has 1 saturated carbocycles. The number of nitrogens with zero attached hydrogens (tertiary/aromatic N) is 3. The number of rotatable bonds is 4. The third-order valence-electron chi connectivity index (χ3n) is 3.81. The molecule has 0 aliphatic heterocycles. The van der Waals surface area contributed by atoms with Crippen molar-refractivity contribution in [2.75, 3.05) is 0 Å². The largest absolute Gasteiger partial charge is 0.409 e. The van der Waals surface area contributed by atoms with Gasteiger partial charge >= 0.3 is 0 Å². The summed E-state index contributed by atoms with van der Waals surface area (Å²) in [4.78, 5) is 20.3. The Bertz CT molecular complexity index is 483. The van der Waals surface area contributed by atoms with Crippen molar-refractivity contribution in [3.63, 3.8) is 0 Å². The minimum absolute atomic E-state index is 0.00242. The number of amidine groups is 1. The fourth-order valence-corrected chi connectivity index (χ4v) is 2.61. The van der Waals surface area contributed by atoms with Crippen LogP contribution in [-0.4, -0.2) is 26.9 Å². The van der Waals surface area contributed by atoms with Gasteiger partial charge in [0, 0.05) is 6.20 Å². The zero-order valence-corrected chi connectivity index (χ0v) is 11.2. The summed E-state index contributed by atoms with van der Waals surface area (Å²) in [6.45, 7) is 0.307. The normalized spacial score (nSPS) is 18.5. The maximum atomic E-state index is 12.5. The molecule has 0 saturated heterocycles. The van der Waals surface area contributed by atoms with Gasteiger partial charge in [-0.15, -0.1) is 0 Å². The third-order valence-corrected chi connectivity index (χ3v) is 3.81. The number of carbonyl (C=O) groups excluding carboxylic acids is 1. The highest BCUT2D eigenvalue weighted by molar-refractivity contribution is 6.06. The number of amides is 1. The Morgan fingerprint density at radius 2 is 2.20 bits per heavy atom. The monoisotopic (exact) mass is 277 g/mol. The van der Waals surface area contributed by atoms with Crippen molar-refractivity contribution >= 4 is 11.7 Å². The van der Waals surface area contributed by atoms with Crippen molar-refractivity contribution in [3.05, 3.63) is 24.3 Å². The summed E-state index contributed by atoms with van der Waals surface area (Å²) in [6.07, 6.45) is 7.14. The van der Waals surface area contributed by atoms with Gasteiger partial charge in [0.05, 0.1) is 12.2 Å². The second-order valence-electron chi connectivity index (χ2n) is 5.01. The van der Waals surface area contributed by atoms with E-state index in [9.17, 15) is 4.79 Å². The molecule has 20 heavy (non-hydrogen) atoms. The minimum atomic E-state index is -0.889. The number of nitrogens with two attached hydrogens (primary N) is 1. The van der Waals surface area contributed by atoms with Crippen LogP contribution in [0.2, 0.25) is 0 Å². The molecule has 1 amide bonds. The van der Waals surface area contributed by atoms with Gasteiger partial charge in [-0.1, -0.05) is 24.4 Å². The molecule has 1 aromatic heterocycles. The quantitative estimate of drug-likeness (QED) is 0.326. The molecule has 108 valence electrons. The molecule has 1 fully saturated rings. The first-order chi connectivity index (χ1) is 9.69. The Hall–Kier alpha value is -2.18. The molecule has 1 heterocycles. The van der Waals surface area contributed by atoms with E-state index in [0.29, 0.717) is 19.4 Å². The molecule has 2 rings (SSSR count).